The summed E-state index contributed by atoms with van der Waals surface area (Å²) in [6.45, 7) is 1.70. The van der Waals surface area contributed by atoms with E-state index in [0.29, 0.717) is 10.3 Å². The molecule has 5 nitrogen and oxygen atoms in total. The number of thioether (sulfide) groups is 1. The number of benzene rings is 2. The number of carbonyl (C=O) groups excluding carboxylic acids is 2. The lowest BCUT2D eigenvalue weighted by Crippen LogP contribution is -2.23. The molecular weight excluding hydrogens is 387 g/mol. The van der Waals surface area contributed by atoms with Crippen LogP contribution in [0.25, 0.3) is 10.2 Å². The number of rotatable bonds is 5. The normalized spacial score (nSPS) is 11.7. The topological polar surface area (TPSA) is 60.7 Å². The van der Waals surface area contributed by atoms with Crippen molar-refractivity contribution in [2.75, 3.05) is 12.9 Å². The Bertz CT molecular complexity index is 1070. The van der Waals surface area contributed by atoms with Crippen molar-refractivity contribution in [1.29, 1.82) is 0 Å². The van der Waals surface area contributed by atoms with Crippen molar-refractivity contribution in [2.24, 2.45) is 4.99 Å². The minimum atomic E-state index is -0.515. The number of aromatic nitrogens is 1. The molecule has 8 heteroatoms. The molecule has 140 valence electrons. The van der Waals surface area contributed by atoms with Gasteiger partial charge in [-0.3, -0.25) is 9.59 Å². The van der Waals surface area contributed by atoms with Gasteiger partial charge >= 0.3 is 5.97 Å². The van der Waals surface area contributed by atoms with Crippen molar-refractivity contribution >= 4 is 45.2 Å². The molecule has 0 aliphatic rings. The van der Waals surface area contributed by atoms with Crippen LogP contribution in [0.5, 0.6) is 0 Å². The van der Waals surface area contributed by atoms with Gasteiger partial charge in [0.2, 0.25) is 0 Å². The highest BCUT2D eigenvalue weighted by atomic mass is 32.2. The van der Waals surface area contributed by atoms with Gasteiger partial charge in [-0.2, -0.15) is 4.99 Å². The third-order valence-electron chi connectivity index (χ3n) is 3.78. The summed E-state index contributed by atoms with van der Waals surface area (Å²) in [7, 11) is 0. The van der Waals surface area contributed by atoms with Crippen LogP contribution in [0.1, 0.15) is 17.3 Å². The summed E-state index contributed by atoms with van der Waals surface area (Å²) in [6, 6.07) is 11.8. The maximum Gasteiger partial charge on any atom is 0.326 e. The van der Waals surface area contributed by atoms with E-state index in [0.717, 1.165) is 16.2 Å². The second kappa shape index (κ2) is 8.49. The Hall–Kier alpha value is -2.45. The number of halogens is 1. The summed E-state index contributed by atoms with van der Waals surface area (Å²) >= 11 is 2.60. The quantitative estimate of drug-likeness (QED) is 0.478. The highest BCUT2D eigenvalue weighted by molar-refractivity contribution is 7.98. The summed E-state index contributed by atoms with van der Waals surface area (Å²) in [4.78, 5) is 29.9. The average molecular weight is 404 g/mol. The number of fused-ring (bicyclic) bond motifs is 1. The molecule has 3 rings (SSSR count). The van der Waals surface area contributed by atoms with E-state index < -0.39 is 17.7 Å². The van der Waals surface area contributed by atoms with Crippen molar-refractivity contribution in [1.82, 2.24) is 4.57 Å². The zero-order valence-electron chi connectivity index (χ0n) is 14.8. The molecule has 0 aliphatic carbocycles. The number of amides is 1. The van der Waals surface area contributed by atoms with Gasteiger partial charge in [0.1, 0.15) is 12.4 Å². The van der Waals surface area contributed by atoms with Crippen molar-refractivity contribution in [3.63, 3.8) is 0 Å². The summed E-state index contributed by atoms with van der Waals surface area (Å²) in [5.74, 6) is -1.44. The number of carbonyl (C=O) groups is 2. The van der Waals surface area contributed by atoms with Gasteiger partial charge in [0, 0.05) is 4.90 Å². The van der Waals surface area contributed by atoms with Crippen molar-refractivity contribution in [3.05, 3.63) is 58.6 Å². The fourth-order valence-electron chi connectivity index (χ4n) is 2.62. The Morgan fingerprint density at radius 3 is 2.74 bits per heavy atom. The molecule has 0 saturated heterocycles. The second-order valence-electron chi connectivity index (χ2n) is 5.48. The highest BCUT2D eigenvalue weighted by Crippen LogP contribution is 2.22. The molecule has 0 spiro atoms. The second-order valence-corrected chi connectivity index (χ2v) is 7.34. The summed E-state index contributed by atoms with van der Waals surface area (Å²) in [5.41, 5.74) is 0.700. The van der Waals surface area contributed by atoms with E-state index in [4.69, 9.17) is 4.74 Å². The largest absolute Gasteiger partial charge is 0.465 e. The first-order valence-electron chi connectivity index (χ1n) is 8.20. The molecule has 1 aromatic heterocycles. The fourth-order valence-corrected chi connectivity index (χ4v) is 4.26. The van der Waals surface area contributed by atoms with Crippen molar-refractivity contribution < 1.29 is 18.7 Å². The molecule has 0 N–H and O–H groups in total. The number of para-hydroxylation sites is 1. The fraction of sp³-hybridized carbons (Fsp3) is 0.211. The Kier molecular flexibility index (Phi) is 6.08. The van der Waals surface area contributed by atoms with E-state index in [2.05, 4.69) is 4.99 Å². The van der Waals surface area contributed by atoms with Crippen LogP contribution in [0.3, 0.4) is 0 Å². The maximum atomic E-state index is 14.4. The Labute approximate surface area is 163 Å². The molecule has 0 saturated carbocycles. The van der Waals surface area contributed by atoms with E-state index in [1.807, 2.05) is 18.4 Å². The van der Waals surface area contributed by atoms with E-state index in [9.17, 15) is 14.0 Å². The summed E-state index contributed by atoms with van der Waals surface area (Å²) in [6.07, 6.45) is 1.88. The first-order chi connectivity index (χ1) is 13.0. The van der Waals surface area contributed by atoms with Gasteiger partial charge in [0.15, 0.2) is 4.80 Å². The van der Waals surface area contributed by atoms with Crippen LogP contribution in [-0.4, -0.2) is 29.3 Å². The van der Waals surface area contributed by atoms with Crippen LogP contribution in [0.15, 0.2) is 52.4 Å². The lowest BCUT2D eigenvalue weighted by Gasteiger charge is -2.06. The van der Waals surface area contributed by atoms with Crippen molar-refractivity contribution in [2.45, 2.75) is 18.4 Å². The smallest absolute Gasteiger partial charge is 0.326 e. The molecular formula is C19H17FN2O3S2. The molecule has 3 aromatic rings. The van der Waals surface area contributed by atoms with Gasteiger partial charge in [-0.05, 0) is 37.4 Å². The summed E-state index contributed by atoms with van der Waals surface area (Å²) < 4.78 is 21.4. The van der Waals surface area contributed by atoms with E-state index in [-0.39, 0.29) is 23.5 Å². The van der Waals surface area contributed by atoms with Crippen LogP contribution >= 0.6 is 23.1 Å². The predicted molar refractivity (Wildman–Crippen MR) is 105 cm³/mol. The van der Waals surface area contributed by atoms with Crippen LogP contribution < -0.4 is 4.80 Å². The Balaban J connectivity index is 2.15. The van der Waals surface area contributed by atoms with E-state index in [1.54, 1.807) is 31.2 Å². The predicted octanol–water partition coefficient (Wildman–Crippen LogP) is 3.87. The number of esters is 1. The standard InChI is InChI=1S/C19H17FN2O3S2/c1-3-25-16(23)11-22-17-13(20)8-6-10-15(17)27-19(22)21-18(24)12-7-4-5-9-14(12)26-2/h4-10H,3,11H2,1-2H3. The molecule has 0 radical (unpaired) electrons. The van der Waals surface area contributed by atoms with Crippen LogP contribution in [0, 0.1) is 5.82 Å². The first kappa shape index (κ1) is 19.3. The molecule has 2 aromatic carbocycles. The van der Waals surface area contributed by atoms with Gasteiger partial charge in [-0.25, -0.2) is 4.39 Å². The zero-order chi connectivity index (χ0) is 19.4. The number of hydrogen-bond acceptors (Lipinski definition) is 5. The SMILES string of the molecule is CCOC(=O)Cn1c(=NC(=O)c2ccccc2SC)sc2cccc(F)c21. The van der Waals surface area contributed by atoms with Crippen LogP contribution in [0.4, 0.5) is 4.39 Å². The molecule has 27 heavy (non-hydrogen) atoms. The molecule has 0 unspecified atom stereocenters. The third kappa shape index (κ3) is 4.12. The number of ether oxygens (including phenoxy) is 1. The van der Waals surface area contributed by atoms with Gasteiger partial charge in [-0.1, -0.05) is 29.5 Å². The van der Waals surface area contributed by atoms with Gasteiger partial charge in [-0.15, -0.1) is 11.8 Å². The molecule has 1 heterocycles. The maximum absolute atomic E-state index is 14.4. The number of thiazole rings is 1. The Morgan fingerprint density at radius 2 is 2.00 bits per heavy atom. The highest BCUT2D eigenvalue weighted by Gasteiger charge is 2.16. The lowest BCUT2D eigenvalue weighted by atomic mass is 10.2. The van der Waals surface area contributed by atoms with E-state index in [1.165, 1.54) is 22.4 Å². The summed E-state index contributed by atoms with van der Waals surface area (Å²) in [5, 5.41) is 0. The Morgan fingerprint density at radius 1 is 1.22 bits per heavy atom. The molecule has 1 amide bonds. The average Bonchev–Trinajstić information content (AvgIpc) is 3.00. The zero-order valence-corrected chi connectivity index (χ0v) is 16.4. The minimum Gasteiger partial charge on any atom is -0.465 e. The first-order valence-corrected chi connectivity index (χ1v) is 10.2. The van der Waals surface area contributed by atoms with Crippen LogP contribution in [-0.2, 0) is 16.1 Å². The van der Waals surface area contributed by atoms with Crippen molar-refractivity contribution in [3.8, 4) is 0 Å². The van der Waals surface area contributed by atoms with Gasteiger partial charge in [0.25, 0.3) is 5.91 Å². The number of hydrogen-bond donors (Lipinski definition) is 0. The lowest BCUT2D eigenvalue weighted by molar-refractivity contribution is -0.143. The molecule has 0 bridgehead atoms. The number of nitrogens with zero attached hydrogens (tertiary/aromatic N) is 2. The van der Waals surface area contributed by atoms with Gasteiger partial charge < -0.3 is 9.30 Å². The van der Waals surface area contributed by atoms with Gasteiger partial charge in [0.05, 0.1) is 22.4 Å². The molecule has 0 fully saturated rings. The molecule has 0 atom stereocenters. The van der Waals surface area contributed by atoms with E-state index >= 15 is 0 Å². The van der Waals surface area contributed by atoms with Crippen LogP contribution in [0.2, 0.25) is 0 Å². The minimum absolute atomic E-state index is 0.217. The monoisotopic (exact) mass is 404 g/mol. The third-order valence-corrected chi connectivity index (χ3v) is 5.62. The molecule has 0 aliphatic heterocycles.